The Balaban J connectivity index is 1.62. The maximum absolute atomic E-state index is 6.39. The van der Waals surface area contributed by atoms with Crippen molar-refractivity contribution in [2.45, 2.75) is 26.2 Å². The highest BCUT2D eigenvalue weighted by Crippen LogP contribution is 2.36. The van der Waals surface area contributed by atoms with Gasteiger partial charge in [-0.15, -0.1) is 0 Å². The predicted molar refractivity (Wildman–Crippen MR) is 109 cm³/mol. The standard InChI is InChI=1S/C21H24ClN3O2/c1-14-6-7-15-20(23-14)16-12-18(26-2)19(13-17(16)24-21(15)22)27-11-5-10-25-8-3-4-9-25/h6-7,12-13H,3-5,8-11H2,1-2H3. The lowest BCUT2D eigenvalue weighted by molar-refractivity contribution is 0.254. The van der Waals surface area contributed by atoms with Gasteiger partial charge in [-0.25, -0.2) is 4.98 Å². The summed E-state index contributed by atoms with van der Waals surface area (Å²) < 4.78 is 11.6. The van der Waals surface area contributed by atoms with Crippen LogP contribution in [0.15, 0.2) is 24.3 Å². The molecule has 0 spiro atoms. The fourth-order valence-electron chi connectivity index (χ4n) is 3.67. The second-order valence-corrected chi connectivity index (χ2v) is 7.38. The quantitative estimate of drug-likeness (QED) is 0.352. The zero-order valence-corrected chi connectivity index (χ0v) is 16.6. The molecule has 1 saturated heterocycles. The zero-order chi connectivity index (χ0) is 18.8. The Morgan fingerprint density at radius 1 is 1.07 bits per heavy atom. The van der Waals surface area contributed by atoms with Gasteiger partial charge in [0, 0.05) is 29.1 Å². The Morgan fingerprint density at radius 3 is 2.67 bits per heavy atom. The Kier molecular flexibility index (Phi) is 5.32. The molecule has 1 aliphatic heterocycles. The van der Waals surface area contributed by atoms with Gasteiger partial charge < -0.3 is 14.4 Å². The average Bonchev–Trinajstić information content (AvgIpc) is 3.18. The third-order valence-electron chi connectivity index (χ3n) is 5.09. The first-order valence-electron chi connectivity index (χ1n) is 9.45. The molecule has 0 amide bonds. The first-order chi connectivity index (χ1) is 13.2. The summed E-state index contributed by atoms with van der Waals surface area (Å²) in [6, 6.07) is 7.75. The van der Waals surface area contributed by atoms with Crippen LogP contribution in [0.3, 0.4) is 0 Å². The lowest BCUT2D eigenvalue weighted by Gasteiger charge is -2.16. The van der Waals surface area contributed by atoms with Gasteiger partial charge in [-0.1, -0.05) is 11.6 Å². The molecular formula is C21H24ClN3O2. The number of pyridine rings is 2. The molecule has 6 heteroatoms. The van der Waals surface area contributed by atoms with E-state index in [1.54, 1.807) is 7.11 Å². The number of aromatic nitrogens is 2. The van der Waals surface area contributed by atoms with Crippen molar-refractivity contribution in [2.24, 2.45) is 0 Å². The highest BCUT2D eigenvalue weighted by atomic mass is 35.5. The van der Waals surface area contributed by atoms with Crippen LogP contribution in [0.4, 0.5) is 0 Å². The molecule has 1 aliphatic rings. The van der Waals surface area contributed by atoms with Gasteiger partial charge >= 0.3 is 0 Å². The molecule has 0 bridgehead atoms. The van der Waals surface area contributed by atoms with E-state index in [1.807, 2.05) is 31.2 Å². The minimum Gasteiger partial charge on any atom is -0.493 e. The minimum atomic E-state index is 0.454. The smallest absolute Gasteiger partial charge is 0.163 e. The van der Waals surface area contributed by atoms with Crippen molar-refractivity contribution in [2.75, 3.05) is 33.4 Å². The molecule has 0 saturated carbocycles. The van der Waals surface area contributed by atoms with Gasteiger partial charge in [0.05, 0.1) is 24.8 Å². The molecule has 0 N–H and O–H groups in total. The van der Waals surface area contributed by atoms with Crippen LogP contribution in [0.2, 0.25) is 5.15 Å². The molecule has 4 rings (SSSR count). The Labute approximate surface area is 164 Å². The molecule has 142 valence electrons. The van der Waals surface area contributed by atoms with E-state index in [1.165, 1.54) is 25.9 Å². The van der Waals surface area contributed by atoms with Crippen molar-refractivity contribution in [3.05, 3.63) is 35.1 Å². The van der Waals surface area contributed by atoms with Crippen LogP contribution in [-0.2, 0) is 0 Å². The second-order valence-electron chi connectivity index (χ2n) is 7.02. The minimum absolute atomic E-state index is 0.454. The normalized spacial score (nSPS) is 14.9. The maximum atomic E-state index is 6.39. The highest BCUT2D eigenvalue weighted by Gasteiger charge is 2.15. The van der Waals surface area contributed by atoms with Crippen molar-refractivity contribution in [1.29, 1.82) is 0 Å². The van der Waals surface area contributed by atoms with Crippen molar-refractivity contribution in [3.63, 3.8) is 0 Å². The Morgan fingerprint density at radius 2 is 1.89 bits per heavy atom. The van der Waals surface area contributed by atoms with Crippen molar-refractivity contribution in [1.82, 2.24) is 14.9 Å². The van der Waals surface area contributed by atoms with E-state index in [2.05, 4.69) is 14.9 Å². The molecule has 3 aromatic rings. The summed E-state index contributed by atoms with van der Waals surface area (Å²) in [5.41, 5.74) is 2.54. The zero-order valence-electron chi connectivity index (χ0n) is 15.8. The lowest BCUT2D eigenvalue weighted by Crippen LogP contribution is -2.21. The topological polar surface area (TPSA) is 47.5 Å². The number of hydrogen-bond acceptors (Lipinski definition) is 5. The van der Waals surface area contributed by atoms with Crippen LogP contribution >= 0.6 is 11.6 Å². The number of aryl methyl sites for hydroxylation is 1. The van der Waals surface area contributed by atoms with Gasteiger partial charge in [0.15, 0.2) is 11.5 Å². The number of likely N-dealkylation sites (tertiary alicyclic amines) is 1. The third kappa shape index (κ3) is 3.80. The summed E-state index contributed by atoms with van der Waals surface area (Å²) in [6.45, 7) is 6.11. The highest BCUT2D eigenvalue weighted by molar-refractivity contribution is 6.35. The summed E-state index contributed by atoms with van der Waals surface area (Å²) in [5.74, 6) is 1.39. The van der Waals surface area contributed by atoms with Crippen LogP contribution < -0.4 is 9.47 Å². The van der Waals surface area contributed by atoms with Gasteiger partial charge in [-0.3, -0.25) is 4.98 Å². The van der Waals surface area contributed by atoms with Gasteiger partial charge in [-0.05, 0) is 57.5 Å². The fraction of sp³-hybridized carbons (Fsp3) is 0.429. The number of nitrogens with zero attached hydrogens (tertiary/aromatic N) is 3. The molecule has 0 unspecified atom stereocenters. The van der Waals surface area contributed by atoms with Crippen LogP contribution in [0.1, 0.15) is 25.0 Å². The van der Waals surface area contributed by atoms with Crippen LogP contribution in [0, 0.1) is 6.92 Å². The number of methoxy groups -OCH3 is 1. The van der Waals surface area contributed by atoms with E-state index >= 15 is 0 Å². The fourth-order valence-corrected chi connectivity index (χ4v) is 3.92. The first kappa shape index (κ1) is 18.3. The molecule has 1 aromatic carbocycles. The molecule has 5 nitrogen and oxygen atoms in total. The number of benzene rings is 1. The van der Waals surface area contributed by atoms with Gasteiger partial charge in [-0.2, -0.15) is 0 Å². The van der Waals surface area contributed by atoms with E-state index in [0.717, 1.165) is 40.5 Å². The van der Waals surface area contributed by atoms with Crippen molar-refractivity contribution < 1.29 is 9.47 Å². The largest absolute Gasteiger partial charge is 0.493 e. The van der Waals surface area contributed by atoms with Crippen molar-refractivity contribution in [3.8, 4) is 11.5 Å². The number of hydrogen-bond donors (Lipinski definition) is 0. The summed E-state index contributed by atoms with van der Waals surface area (Å²) in [6.07, 6.45) is 3.62. The summed E-state index contributed by atoms with van der Waals surface area (Å²) in [4.78, 5) is 11.7. The van der Waals surface area contributed by atoms with E-state index in [4.69, 9.17) is 21.1 Å². The SMILES string of the molecule is COc1cc2c(cc1OCCCN1CCCC1)nc(Cl)c1ccc(C)nc12. The molecule has 0 atom stereocenters. The summed E-state index contributed by atoms with van der Waals surface area (Å²) >= 11 is 6.39. The first-order valence-corrected chi connectivity index (χ1v) is 9.83. The maximum Gasteiger partial charge on any atom is 0.163 e. The monoisotopic (exact) mass is 385 g/mol. The second kappa shape index (κ2) is 7.87. The van der Waals surface area contributed by atoms with Crippen LogP contribution in [0.25, 0.3) is 21.8 Å². The molecule has 2 aromatic heterocycles. The van der Waals surface area contributed by atoms with E-state index in [9.17, 15) is 0 Å². The van der Waals surface area contributed by atoms with Crippen LogP contribution in [-0.4, -0.2) is 48.2 Å². The van der Waals surface area contributed by atoms with E-state index < -0.39 is 0 Å². The number of ether oxygens (including phenoxy) is 2. The average molecular weight is 386 g/mol. The predicted octanol–water partition coefficient (Wildman–Crippen LogP) is 4.62. The van der Waals surface area contributed by atoms with Crippen LogP contribution in [0.5, 0.6) is 11.5 Å². The number of fused-ring (bicyclic) bond motifs is 3. The molecular weight excluding hydrogens is 362 g/mol. The number of halogens is 1. The molecule has 27 heavy (non-hydrogen) atoms. The molecule has 1 fully saturated rings. The van der Waals surface area contributed by atoms with E-state index in [-0.39, 0.29) is 0 Å². The summed E-state index contributed by atoms with van der Waals surface area (Å²) in [5, 5.41) is 2.21. The van der Waals surface area contributed by atoms with Gasteiger partial charge in [0.25, 0.3) is 0 Å². The molecule has 3 heterocycles. The van der Waals surface area contributed by atoms with Gasteiger partial charge in [0.2, 0.25) is 0 Å². The number of rotatable bonds is 6. The van der Waals surface area contributed by atoms with Crippen molar-refractivity contribution >= 4 is 33.4 Å². The third-order valence-corrected chi connectivity index (χ3v) is 5.38. The molecule has 0 radical (unpaired) electrons. The lowest BCUT2D eigenvalue weighted by atomic mass is 10.1. The van der Waals surface area contributed by atoms with E-state index in [0.29, 0.717) is 23.3 Å². The Hall–Kier alpha value is -2.11. The van der Waals surface area contributed by atoms with Gasteiger partial charge in [0.1, 0.15) is 5.15 Å². The summed E-state index contributed by atoms with van der Waals surface area (Å²) in [7, 11) is 1.66. The molecule has 0 aliphatic carbocycles. The Bertz CT molecular complexity index is 971.